The van der Waals surface area contributed by atoms with E-state index in [-0.39, 0.29) is 6.10 Å². The first kappa shape index (κ1) is 13.7. The van der Waals surface area contributed by atoms with Crippen LogP contribution in [0.15, 0.2) is 24.8 Å². The molecule has 0 aromatic carbocycles. The normalized spacial score (nSPS) is 25.1. The molecule has 2 aromatic heterocycles. The third-order valence-electron chi connectivity index (χ3n) is 4.44. The first-order valence-corrected chi connectivity index (χ1v) is 7.97. The molecule has 116 valence electrons. The fourth-order valence-corrected chi connectivity index (χ4v) is 3.01. The monoisotopic (exact) mass is 299 g/mol. The van der Waals surface area contributed by atoms with Crippen LogP contribution in [0.3, 0.4) is 0 Å². The number of imidazole rings is 1. The van der Waals surface area contributed by atoms with Gasteiger partial charge in [-0.2, -0.15) is 0 Å². The summed E-state index contributed by atoms with van der Waals surface area (Å²) in [5, 5.41) is 3.55. The molecule has 6 heteroatoms. The molecular formula is C16H21N5O. The third kappa shape index (κ3) is 2.83. The standard InChI is InChI=1S/C16H21N5O/c1-21-10-17-9-13(21)14-8-12(5-7-22-14)19-15-4-6-18-16(20-15)11-2-3-11/h4,6,9-12,14H,2-3,5,7-8H2,1H3,(H,18,19,20). The van der Waals surface area contributed by atoms with Crippen molar-refractivity contribution in [3.8, 4) is 0 Å². The van der Waals surface area contributed by atoms with E-state index < -0.39 is 0 Å². The van der Waals surface area contributed by atoms with Crippen LogP contribution in [0.4, 0.5) is 5.82 Å². The molecule has 1 saturated heterocycles. The predicted octanol–water partition coefficient (Wildman–Crippen LogP) is 2.42. The summed E-state index contributed by atoms with van der Waals surface area (Å²) in [5.74, 6) is 2.51. The van der Waals surface area contributed by atoms with Gasteiger partial charge in [0.05, 0.1) is 18.2 Å². The zero-order valence-electron chi connectivity index (χ0n) is 12.8. The Kier molecular flexibility index (Phi) is 3.54. The predicted molar refractivity (Wildman–Crippen MR) is 82.6 cm³/mol. The lowest BCUT2D eigenvalue weighted by Gasteiger charge is -2.30. The Bertz CT molecular complexity index is 651. The van der Waals surface area contributed by atoms with Gasteiger partial charge in [0.2, 0.25) is 0 Å². The number of nitrogens with one attached hydrogen (secondary N) is 1. The lowest BCUT2D eigenvalue weighted by atomic mass is 10.0. The number of anilines is 1. The van der Waals surface area contributed by atoms with Gasteiger partial charge < -0.3 is 14.6 Å². The van der Waals surface area contributed by atoms with E-state index >= 15 is 0 Å². The molecule has 2 fully saturated rings. The maximum atomic E-state index is 5.91. The SMILES string of the molecule is Cn1cncc1C1CC(Nc2ccnc(C3CC3)n2)CCO1. The Morgan fingerprint density at radius 3 is 3.00 bits per heavy atom. The van der Waals surface area contributed by atoms with Crippen molar-refractivity contribution in [3.05, 3.63) is 36.3 Å². The van der Waals surface area contributed by atoms with Gasteiger partial charge in [0, 0.05) is 31.8 Å². The van der Waals surface area contributed by atoms with E-state index in [0.717, 1.165) is 36.8 Å². The second-order valence-corrected chi connectivity index (χ2v) is 6.23. The largest absolute Gasteiger partial charge is 0.372 e. The van der Waals surface area contributed by atoms with E-state index in [1.165, 1.54) is 12.8 Å². The van der Waals surface area contributed by atoms with Crippen molar-refractivity contribution in [2.45, 2.75) is 43.7 Å². The molecule has 2 aromatic rings. The van der Waals surface area contributed by atoms with Crippen molar-refractivity contribution in [2.24, 2.45) is 7.05 Å². The second kappa shape index (κ2) is 5.68. The number of ether oxygens (including phenoxy) is 1. The van der Waals surface area contributed by atoms with Crippen molar-refractivity contribution in [3.63, 3.8) is 0 Å². The minimum atomic E-state index is 0.100. The van der Waals surface area contributed by atoms with Gasteiger partial charge >= 0.3 is 0 Å². The van der Waals surface area contributed by atoms with E-state index in [2.05, 4.69) is 20.3 Å². The van der Waals surface area contributed by atoms with Crippen LogP contribution in [0, 0.1) is 0 Å². The Morgan fingerprint density at radius 2 is 2.23 bits per heavy atom. The van der Waals surface area contributed by atoms with Crippen LogP contribution < -0.4 is 5.32 Å². The van der Waals surface area contributed by atoms with E-state index in [1.807, 2.05) is 36.4 Å². The number of aryl methyl sites for hydroxylation is 1. The van der Waals surface area contributed by atoms with Gasteiger partial charge in [-0.3, -0.25) is 0 Å². The number of nitrogens with zero attached hydrogens (tertiary/aromatic N) is 4. The highest BCUT2D eigenvalue weighted by atomic mass is 16.5. The molecule has 0 radical (unpaired) electrons. The average Bonchev–Trinajstić information content (AvgIpc) is 3.30. The molecule has 6 nitrogen and oxygen atoms in total. The summed E-state index contributed by atoms with van der Waals surface area (Å²) >= 11 is 0. The summed E-state index contributed by atoms with van der Waals surface area (Å²) in [6.07, 6.45) is 10.1. The molecule has 4 rings (SSSR count). The fourth-order valence-electron chi connectivity index (χ4n) is 3.01. The molecule has 22 heavy (non-hydrogen) atoms. The summed E-state index contributed by atoms with van der Waals surface area (Å²) in [6, 6.07) is 2.33. The number of hydrogen-bond donors (Lipinski definition) is 1. The molecule has 0 spiro atoms. The van der Waals surface area contributed by atoms with Crippen LogP contribution in [0.1, 0.15) is 49.2 Å². The highest BCUT2D eigenvalue weighted by molar-refractivity contribution is 5.35. The maximum absolute atomic E-state index is 5.91. The van der Waals surface area contributed by atoms with Gasteiger partial charge in [-0.15, -0.1) is 0 Å². The first-order valence-electron chi connectivity index (χ1n) is 7.97. The highest BCUT2D eigenvalue weighted by Crippen LogP contribution is 2.38. The molecule has 3 heterocycles. The maximum Gasteiger partial charge on any atom is 0.133 e. The Hall–Kier alpha value is -1.95. The topological polar surface area (TPSA) is 64.9 Å². The zero-order chi connectivity index (χ0) is 14.9. The molecule has 2 aliphatic rings. The number of aromatic nitrogens is 4. The Morgan fingerprint density at radius 1 is 1.32 bits per heavy atom. The summed E-state index contributed by atoms with van der Waals surface area (Å²) in [7, 11) is 2.01. The smallest absolute Gasteiger partial charge is 0.133 e. The van der Waals surface area contributed by atoms with Gasteiger partial charge in [0.1, 0.15) is 17.7 Å². The van der Waals surface area contributed by atoms with Gasteiger partial charge in [0.25, 0.3) is 0 Å². The third-order valence-corrected chi connectivity index (χ3v) is 4.44. The van der Waals surface area contributed by atoms with E-state index in [4.69, 9.17) is 4.74 Å². The zero-order valence-corrected chi connectivity index (χ0v) is 12.8. The summed E-state index contributed by atoms with van der Waals surface area (Å²) in [4.78, 5) is 13.2. The minimum Gasteiger partial charge on any atom is -0.372 e. The van der Waals surface area contributed by atoms with Crippen molar-refractivity contribution < 1.29 is 4.74 Å². The van der Waals surface area contributed by atoms with Gasteiger partial charge in [-0.25, -0.2) is 15.0 Å². The van der Waals surface area contributed by atoms with Crippen LogP contribution in [-0.4, -0.2) is 32.2 Å². The molecule has 1 aliphatic carbocycles. The molecule has 1 saturated carbocycles. The van der Waals surface area contributed by atoms with Crippen LogP contribution in [-0.2, 0) is 11.8 Å². The lowest BCUT2D eigenvalue weighted by molar-refractivity contribution is 0.00554. The lowest BCUT2D eigenvalue weighted by Crippen LogP contribution is -2.31. The van der Waals surface area contributed by atoms with E-state index in [9.17, 15) is 0 Å². The average molecular weight is 299 g/mol. The van der Waals surface area contributed by atoms with Crippen LogP contribution >= 0.6 is 0 Å². The molecule has 1 N–H and O–H groups in total. The van der Waals surface area contributed by atoms with Gasteiger partial charge in [-0.1, -0.05) is 0 Å². The van der Waals surface area contributed by atoms with Crippen LogP contribution in [0.2, 0.25) is 0 Å². The second-order valence-electron chi connectivity index (χ2n) is 6.23. The summed E-state index contributed by atoms with van der Waals surface area (Å²) in [5.41, 5.74) is 1.13. The highest BCUT2D eigenvalue weighted by Gasteiger charge is 2.28. The minimum absolute atomic E-state index is 0.100. The van der Waals surface area contributed by atoms with Crippen molar-refractivity contribution in [1.29, 1.82) is 0 Å². The van der Waals surface area contributed by atoms with Gasteiger partial charge in [-0.05, 0) is 31.7 Å². The van der Waals surface area contributed by atoms with Crippen LogP contribution in [0.25, 0.3) is 0 Å². The fraction of sp³-hybridized carbons (Fsp3) is 0.562. The Balaban J connectivity index is 1.44. The quantitative estimate of drug-likeness (QED) is 0.939. The van der Waals surface area contributed by atoms with Crippen molar-refractivity contribution >= 4 is 5.82 Å². The molecule has 2 atom stereocenters. The molecule has 0 amide bonds. The number of rotatable bonds is 4. The van der Waals surface area contributed by atoms with Gasteiger partial charge in [0.15, 0.2) is 0 Å². The number of hydrogen-bond acceptors (Lipinski definition) is 5. The van der Waals surface area contributed by atoms with Crippen LogP contribution in [0.5, 0.6) is 0 Å². The van der Waals surface area contributed by atoms with E-state index in [1.54, 1.807) is 0 Å². The first-order chi connectivity index (χ1) is 10.8. The van der Waals surface area contributed by atoms with Crippen molar-refractivity contribution in [2.75, 3.05) is 11.9 Å². The molecular weight excluding hydrogens is 278 g/mol. The van der Waals surface area contributed by atoms with E-state index in [0.29, 0.717) is 12.0 Å². The molecule has 0 bridgehead atoms. The molecule has 1 aliphatic heterocycles. The van der Waals surface area contributed by atoms with Crippen molar-refractivity contribution in [1.82, 2.24) is 19.5 Å². The summed E-state index contributed by atoms with van der Waals surface area (Å²) in [6.45, 7) is 0.758. The Labute approximate surface area is 130 Å². The molecule has 2 unspecified atom stereocenters. The summed E-state index contributed by atoms with van der Waals surface area (Å²) < 4.78 is 7.94.